The van der Waals surface area contributed by atoms with Crippen LogP contribution in [0.5, 0.6) is 11.5 Å². The third kappa shape index (κ3) is 4.79. The molecule has 4 rings (SSSR count). The highest BCUT2D eigenvalue weighted by Gasteiger charge is 2.21. The number of rotatable bonds is 7. The number of amides is 1. The number of methoxy groups -OCH3 is 2. The molecule has 0 radical (unpaired) electrons. The maximum absolute atomic E-state index is 12.7. The van der Waals surface area contributed by atoms with Crippen LogP contribution in [-0.2, 0) is 9.53 Å². The second kappa shape index (κ2) is 9.44. The predicted molar refractivity (Wildman–Crippen MR) is 125 cm³/mol. The Bertz CT molecular complexity index is 1300. The first-order chi connectivity index (χ1) is 16.0. The van der Waals surface area contributed by atoms with Gasteiger partial charge in [-0.05, 0) is 37.3 Å². The standard InChI is InChI=1S/C25H23N3O5/c1-15(24(29)28-20-12-10-18(31-2)14-22(20)32-3)33-25(30)17-9-11-19-21(13-17)27-23(26-19)16-7-5-4-6-8-16/h4-15H,1-3H3,(H,26,27)(H,28,29). The largest absolute Gasteiger partial charge is 0.497 e. The van der Waals surface area contributed by atoms with Crippen molar-refractivity contribution in [1.29, 1.82) is 0 Å². The molecule has 33 heavy (non-hydrogen) atoms. The van der Waals surface area contributed by atoms with Crippen molar-refractivity contribution < 1.29 is 23.8 Å². The number of carbonyl (C=O) groups is 2. The van der Waals surface area contributed by atoms with E-state index in [-0.39, 0.29) is 0 Å². The van der Waals surface area contributed by atoms with Crippen LogP contribution < -0.4 is 14.8 Å². The van der Waals surface area contributed by atoms with Gasteiger partial charge in [0.25, 0.3) is 5.91 Å². The molecule has 0 aliphatic carbocycles. The average Bonchev–Trinajstić information content (AvgIpc) is 3.28. The highest BCUT2D eigenvalue weighted by molar-refractivity contribution is 5.99. The number of carbonyl (C=O) groups excluding carboxylic acids is 2. The molecule has 168 valence electrons. The fourth-order valence-corrected chi connectivity index (χ4v) is 3.29. The minimum Gasteiger partial charge on any atom is -0.497 e. The van der Waals surface area contributed by atoms with E-state index in [1.165, 1.54) is 21.1 Å². The number of benzene rings is 3. The van der Waals surface area contributed by atoms with Crippen molar-refractivity contribution in [3.8, 4) is 22.9 Å². The number of hydrogen-bond acceptors (Lipinski definition) is 6. The van der Waals surface area contributed by atoms with Crippen LogP contribution in [0.25, 0.3) is 22.4 Å². The van der Waals surface area contributed by atoms with Crippen molar-refractivity contribution in [3.63, 3.8) is 0 Å². The molecule has 3 aromatic carbocycles. The third-order valence-corrected chi connectivity index (χ3v) is 5.08. The van der Waals surface area contributed by atoms with Gasteiger partial charge in [-0.25, -0.2) is 9.78 Å². The van der Waals surface area contributed by atoms with Crippen LogP contribution in [0.1, 0.15) is 17.3 Å². The van der Waals surface area contributed by atoms with Crippen molar-refractivity contribution in [3.05, 3.63) is 72.3 Å². The van der Waals surface area contributed by atoms with E-state index in [4.69, 9.17) is 14.2 Å². The lowest BCUT2D eigenvalue weighted by molar-refractivity contribution is -0.123. The Hall–Kier alpha value is -4.33. The molecule has 4 aromatic rings. The van der Waals surface area contributed by atoms with Crippen molar-refractivity contribution in [2.45, 2.75) is 13.0 Å². The summed E-state index contributed by atoms with van der Waals surface area (Å²) in [6.07, 6.45) is -1.03. The molecule has 0 saturated heterocycles. The van der Waals surface area contributed by atoms with Crippen LogP contribution in [0, 0.1) is 0 Å². The third-order valence-electron chi connectivity index (χ3n) is 5.08. The van der Waals surface area contributed by atoms with Gasteiger partial charge in [0.15, 0.2) is 6.10 Å². The van der Waals surface area contributed by atoms with Crippen LogP contribution in [0.2, 0.25) is 0 Å². The van der Waals surface area contributed by atoms with Crippen LogP contribution in [0.4, 0.5) is 5.69 Å². The van der Waals surface area contributed by atoms with Crippen molar-refractivity contribution in [2.24, 2.45) is 0 Å². The van der Waals surface area contributed by atoms with Gasteiger partial charge in [0.1, 0.15) is 17.3 Å². The van der Waals surface area contributed by atoms with E-state index in [9.17, 15) is 9.59 Å². The molecule has 0 fully saturated rings. The van der Waals surface area contributed by atoms with Crippen molar-refractivity contribution in [1.82, 2.24) is 9.97 Å². The van der Waals surface area contributed by atoms with Crippen molar-refractivity contribution in [2.75, 3.05) is 19.5 Å². The normalized spacial score (nSPS) is 11.6. The number of nitrogens with one attached hydrogen (secondary N) is 2. The lowest BCUT2D eigenvalue weighted by atomic mass is 10.2. The molecule has 0 bridgehead atoms. The predicted octanol–water partition coefficient (Wildman–Crippen LogP) is 4.43. The molecule has 2 N–H and O–H groups in total. The number of H-pyrrole nitrogens is 1. The molecule has 1 atom stereocenters. The number of esters is 1. The minimum absolute atomic E-state index is 0.312. The van der Waals surface area contributed by atoms with E-state index in [0.717, 1.165) is 11.1 Å². The van der Waals surface area contributed by atoms with E-state index in [0.29, 0.717) is 34.1 Å². The Kier molecular flexibility index (Phi) is 6.26. The Balaban J connectivity index is 1.45. The van der Waals surface area contributed by atoms with Crippen molar-refractivity contribution >= 4 is 28.6 Å². The number of fused-ring (bicyclic) bond motifs is 1. The summed E-state index contributed by atoms with van der Waals surface area (Å²) in [6.45, 7) is 1.51. The summed E-state index contributed by atoms with van der Waals surface area (Å²) >= 11 is 0. The lowest BCUT2D eigenvalue weighted by Crippen LogP contribution is -2.30. The first-order valence-corrected chi connectivity index (χ1v) is 10.3. The van der Waals surface area contributed by atoms with Gasteiger partial charge in [-0.15, -0.1) is 0 Å². The zero-order valence-corrected chi connectivity index (χ0v) is 18.4. The van der Waals surface area contributed by atoms with Gasteiger partial charge < -0.3 is 24.5 Å². The fraction of sp³-hybridized carbons (Fsp3) is 0.160. The molecule has 1 aromatic heterocycles. The molecule has 1 unspecified atom stereocenters. The molecule has 1 amide bonds. The maximum Gasteiger partial charge on any atom is 0.338 e. The lowest BCUT2D eigenvalue weighted by Gasteiger charge is -2.15. The monoisotopic (exact) mass is 445 g/mol. The number of aromatic nitrogens is 2. The highest BCUT2D eigenvalue weighted by Crippen LogP contribution is 2.29. The van der Waals surface area contributed by atoms with E-state index < -0.39 is 18.0 Å². The summed E-state index contributed by atoms with van der Waals surface area (Å²) in [6, 6.07) is 19.7. The number of anilines is 1. The van der Waals surface area contributed by atoms with Crippen LogP contribution in [-0.4, -0.2) is 42.2 Å². The number of ether oxygens (including phenoxy) is 3. The van der Waals surface area contributed by atoms with Gasteiger partial charge in [0, 0.05) is 11.6 Å². The topological polar surface area (TPSA) is 103 Å². The number of imidazole rings is 1. The fourth-order valence-electron chi connectivity index (χ4n) is 3.29. The number of hydrogen-bond donors (Lipinski definition) is 2. The first kappa shape index (κ1) is 21.9. The van der Waals surface area contributed by atoms with E-state index >= 15 is 0 Å². The Morgan fingerprint density at radius 1 is 0.970 bits per heavy atom. The molecule has 8 nitrogen and oxygen atoms in total. The van der Waals surface area contributed by atoms with Crippen LogP contribution >= 0.6 is 0 Å². The molecule has 1 heterocycles. The molecule has 0 saturated carbocycles. The summed E-state index contributed by atoms with van der Waals surface area (Å²) in [4.78, 5) is 33.0. The van der Waals surface area contributed by atoms with E-state index in [2.05, 4.69) is 15.3 Å². The summed E-state index contributed by atoms with van der Waals surface area (Å²) in [7, 11) is 3.03. The highest BCUT2D eigenvalue weighted by atomic mass is 16.5. The van der Waals surface area contributed by atoms with Crippen LogP contribution in [0.3, 0.4) is 0 Å². The molecule has 0 aliphatic rings. The second-order valence-electron chi connectivity index (χ2n) is 7.29. The second-order valence-corrected chi connectivity index (χ2v) is 7.29. The van der Waals surface area contributed by atoms with Gasteiger partial charge in [-0.2, -0.15) is 0 Å². The Morgan fingerprint density at radius 3 is 2.48 bits per heavy atom. The van der Waals surface area contributed by atoms with Gasteiger partial charge in [-0.1, -0.05) is 30.3 Å². The van der Waals surface area contributed by atoms with E-state index in [1.807, 2.05) is 30.3 Å². The Morgan fingerprint density at radius 2 is 1.76 bits per heavy atom. The van der Waals surface area contributed by atoms with E-state index in [1.54, 1.807) is 36.4 Å². The number of nitrogens with zero attached hydrogens (tertiary/aromatic N) is 1. The molecular weight excluding hydrogens is 422 g/mol. The number of aromatic amines is 1. The smallest absolute Gasteiger partial charge is 0.338 e. The van der Waals surface area contributed by atoms with Gasteiger partial charge >= 0.3 is 5.97 Å². The average molecular weight is 445 g/mol. The maximum atomic E-state index is 12.7. The zero-order chi connectivity index (χ0) is 23.4. The van der Waals surface area contributed by atoms with Gasteiger partial charge in [0.2, 0.25) is 0 Å². The zero-order valence-electron chi connectivity index (χ0n) is 18.4. The molecular formula is C25H23N3O5. The van der Waals surface area contributed by atoms with Gasteiger partial charge in [0.05, 0.1) is 36.5 Å². The summed E-state index contributed by atoms with van der Waals surface area (Å²) < 4.78 is 15.8. The summed E-state index contributed by atoms with van der Waals surface area (Å²) in [5, 5.41) is 2.71. The summed E-state index contributed by atoms with van der Waals surface area (Å²) in [5.41, 5.74) is 3.12. The minimum atomic E-state index is -1.03. The molecule has 0 spiro atoms. The summed E-state index contributed by atoms with van der Waals surface area (Å²) in [5.74, 6) is 0.629. The molecule has 8 heteroatoms. The Labute approximate surface area is 190 Å². The first-order valence-electron chi connectivity index (χ1n) is 10.3. The molecule has 0 aliphatic heterocycles. The quantitative estimate of drug-likeness (QED) is 0.408. The SMILES string of the molecule is COc1ccc(NC(=O)C(C)OC(=O)c2ccc3nc(-c4ccccc4)[nH]c3c2)c(OC)c1. The van der Waals surface area contributed by atoms with Gasteiger partial charge in [-0.3, -0.25) is 4.79 Å². The van der Waals surface area contributed by atoms with Crippen LogP contribution in [0.15, 0.2) is 66.7 Å².